The van der Waals surface area contributed by atoms with Crippen LogP contribution in [0.2, 0.25) is 0 Å². The van der Waals surface area contributed by atoms with E-state index in [1.54, 1.807) is 25.1 Å². The van der Waals surface area contributed by atoms with Crippen molar-refractivity contribution >= 4 is 38.5 Å². The van der Waals surface area contributed by atoms with Crippen LogP contribution in [0.4, 0.5) is 14.5 Å². The van der Waals surface area contributed by atoms with Gasteiger partial charge >= 0.3 is 5.97 Å². The van der Waals surface area contributed by atoms with Crippen LogP contribution in [0.5, 0.6) is 0 Å². The molecule has 1 saturated carbocycles. The fraction of sp³-hybridized carbons (Fsp3) is 0.444. The Morgan fingerprint density at radius 1 is 1.33 bits per heavy atom. The number of fused-ring (bicyclic) bond motifs is 1. The van der Waals surface area contributed by atoms with Crippen LogP contribution in [0.15, 0.2) is 28.9 Å². The highest BCUT2D eigenvalue weighted by Crippen LogP contribution is 2.50. The molecule has 144 valence electrons. The van der Waals surface area contributed by atoms with Crippen molar-refractivity contribution in [2.45, 2.75) is 43.9 Å². The van der Waals surface area contributed by atoms with Crippen molar-refractivity contribution in [2.75, 3.05) is 6.61 Å². The number of halogens is 3. The maximum absolute atomic E-state index is 13.8. The first-order valence-corrected chi connectivity index (χ1v) is 9.28. The van der Waals surface area contributed by atoms with Crippen molar-refractivity contribution in [1.82, 2.24) is 4.98 Å². The van der Waals surface area contributed by atoms with Gasteiger partial charge in [0.15, 0.2) is 0 Å². The quantitative estimate of drug-likeness (QED) is 0.381. The topological polar surface area (TPSA) is 82.3 Å². The highest BCUT2D eigenvalue weighted by atomic mass is 79.9. The van der Waals surface area contributed by atoms with Gasteiger partial charge in [-0.2, -0.15) is 0 Å². The summed E-state index contributed by atoms with van der Waals surface area (Å²) in [4.78, 5) is 28.1. The van der Waals surface area contributed by atoms with Gasteiger partial charge in [-0.15, -0.1) is 0 Å². The van der Waals surface area contributed by atoms with Gasteiger partial charge in [-0.3, -0.25) is 14.9 Å². The number of nitrogens with zero attached hydrogens (tertiary/aromatic N) is 2. The smallest absolute Gasteiger partial charge is 0.316 e. The number of esters is 1. The molecule has 27 heavy (non-hydrogen) atoms. The van der Waals surface area contributed by atoms with E-state index in [2.05, 4.69) is 20.9 Å². The molecule has 1 aliphatic rings. The Morgan fingerprint density at radius 3 is 2.59 bits per heavy atom. The van der Waals surface area contributed by atoms with Gasteiger partial charge in [-0.1, -0.05) is 15.9 Å². The molecule has 0 bridgehead atoms. The van der Waals surface area contributed by atoms with Crippen LogP contribution in [0, 0.1) is 10.1 Å². The SMILES string of the molecule is CCOC(=O)C1(c2c([N+](=O)[O-])cnc3ccc(Br)cc23)CCC(F)(F)CC1. The molecule has 1 aliphatic carbocycles. The van der Waals surface area contributed by atoms with Crippen LogP contribution >= 0.6 is 15.9 Å². The van der Waals surface area contributed by atoms with Gasteiger partial charge in [-0.05, 0) is 38.0 Å². The molecule has 2 aromatic rings. The molecule has 3 rings (SSSR count). The second-order valence-corrected chi connectivity index (χ2v) is 7.51. The number of carbonyl (C=O) groups is 1. The van der Waals surface area contributed by atoms with E-state index in [-0.39, 0.29) is 30.7 Å². The molecule has 0 N–H and O–H groups in total. The predicted molar refractivity (Wildman–Crippen MR) is 97.8 cm³/mol. The van der Waals surface area contributed by atoms with Crippen molar-refractivity contribution in [3.8, 4) is 0 Å². The van der Waals surface area contributed by atoms with Crippen molar-refractivity contribution < 1.29 is 23.2 Å². The molecular formula is C18H17BrF2N2O4. The summed E-state index contributed by atoms with van der Waals surface area (Å²) in [5.41, 5.74) is -1.33. The molecule has 6 nitrogen and oxygen atoms in total. The lowest BCUT2D eigenvalue weighted by Crippen LogP contribution is -2.44. The first kappa shape index (κ1) is 19.6. The summed E-state index contributed by atoms with van der Waals surface area (Å²) in [6.07, 6.45) is -0.461. The first-order valence-electron chi connectivity index (χ1n) is 8.48. The van der Waals surface area contributed by atoms with Gasteiger partial charge in [0.2, 0.25) is 5.92 Å². The Labute approximate surface area is 162 Å². The average molecular weight is 443 g/mol. The summed E-state index contributed by atoms with van der Waals surface area (Å²) in [5.74, 6) is -3.62. The summed E-state index contributed by atoms with van der Waals surface area (Å²) in [5, 5.41) is 12.1. The van der Waals surface area contributed by atoms with Crippen LogP contribution in [0.3, 0.4) is 0 Å². The van der Waals surface area contributed by atoms with Crippen LogP contribution in [0.25, 0.3) is 10.9 Å². The minimum atomic E-state index is -2.91. The number of rotatable bonds is 4. The van der Waals surface area contributed by atoms with Gasteiger partial charge in [0, 0.05) is 22.7 Å². The van der Waals surface area contributed by atoms with E-state index < -0.39 is 35.1 Å². The number of benzene rings is 1. The van der Waals surface area contributed by atoms with E-state index in [4.69, 9.17) is 4.74 Å². The van der Waals surface area contributed by atoms with Crippen LogP contribution in [-0.4, -0.2) is 28.4 Å². The van der Waals surface area contributed by atoms with Gasteiger partial charge in [0.05, 0.1) is 22.6 Å². The lowest BCUT2D eigenvalue weighted by atomic mass is 9.67. The van der Waals surface area contributed by atoms with Crippen molar-refractivity contribution in [2.24, 2.45) is 0 Å². The van der Waals surface area contributed by atoms with E-state index in [1.165, 1.54) is 0 Å². The Morgan fingerprint density at radius 2 is 2.00 bits per heavy atom. The van der Waals surface area contributed by atoms with Crippen LogP contribution in [0.1, 0.15) is 38.2 Å². The summed E-state index contributed by atoms with van der Waals surface area (Å²) in [7, 11) is 0. The molecule has 0 spiro atoms. The van der Waals surface area contributed by atoms with Crippen LogP contribution in [-0.2, 0) is 14.9 Å². The van der Waals surface area contributed by atoms with Gasteiger partial charge in [-0.25, -0.2) is 13.8 Å². The van der Waals surface area contributed by atoms with E-state index in [0.717, 1.165) is 6.20 Å². The summed E-state index contributed by atoms with van der Waals surface area (Å²) < 4.78 is 33.5. The van der Waals surface area contributed by atoms with Crippen molar-refractivity contribution in [1.29, 1.82) is 0 Å². The molecule has 1 heterocycles. The number of ether oxygens (including phenoxy) is 1. The number of carbonyl (C=O) groups excluding carboxylic acids is 1. The van der Waals surface area contributed by atoms with E-state index in [1.807, 2.05) is 0 Å². The Bertz CT molecular complexity index is 910. The Balaban J connectivity index is 2.32. The van der Waals surface area contributed by atoms with Gasteiger partial charge in [0.1, 0.15) is 11.6 Å². The normalized spacial score (nSPS) is 18.2. The van der Waals surface area contributed by atoms with E-state index in [0.29, 0.717) is 15.4 Å². The van der Waals surface area contributed by atoms with E-state index in [9.17, 15) is 23.7 Å². The minimum absolute atomic E-state index is 0.0531. The maximum atomic E-state index is 13.8. The highest BCUT2D eigenvalue weighted by Gasteiger charge is 2.53. The Kier molecular flexibility index (Phi) is 5.16. The fourth-order valence-corrected chi connectivity index (χ4v) is 4.02. The zero-order chi connectivity index (χ0) is 19.8. The molecule has 1 aromatic heterocycles. The predicted octanol–water partition coefficient (Wildman–Crippen LogP) is 4.92. The molecule has 0 unspecified atom stereocenters. The van der Waals surface area contributed by atoms with Gasteiger partial charge in [0.25, 0.3) is 5.69 Å². The number of pyridine rings is 1. The van der Waals surface area contributed by atoms with Crippen LogP contribution < -0.4 is 0 Å². The number of nitro groups is 1. The lowest BCUT2D eigenvalue weighted by Gasteiger charge is -2.38. The first-order chi connectivity index (χ1) is 12.7. The van der Waals surface area contributed by atoms with Crippen molar-refractivity contribution in [3.05, 3.63) is 44.5 Å². The van der Waals surface area contributed by atoms with Crippen molar-refractivity contribution in [3.63, 3.8) is 0 Å². The van der Waals surface area contributed by atoms with Gasteiger partial charge < -0.3 is 4.74 Å². The molecule has 1 aromatic carbocycles. The zero-order valence-corrected chi connectivity index (χ0v) is 16.1. The molecular weight excluding hydrogens is 426 g/mol. The number of hydrogen-bond donors (Lipinski definition) is 0. The monoisotopic (exact) mass is 442 g/mol. The number of aromatic nitrogens is 1. The largest absolute Gasteiger partial charge is 0.465 e. The number of hydrogen-bond acceptors (Lipinski definition) is 5. The lowest BCUT2D eigenvalue weighted by molar-refractivity contribution is -0.386. The molecule has 9 heteroatoms. The second kappa shape index (κ2) is 7.10. The standard InChI is InChI=1S/C18H17BrF2N2O4/c1-2-27-16(24)17(5-7-18(20,21)8-6-17)15-12-9-11(19)3-4-13(12)22-10-14(15)23(25)26/h3-4,9-10H,2,5-8H2,1H3. The molecule has 0 radical (unpaired) electrons. The highest BCUT2D eigenvalue weighted by molar-refractivity contribution is 9.10. The Hall–Kier alpha value is -2.16. The summed E-state index contributed by atoms with van der Waals surface area (Å²) in [6.45, 7) is 1.66. The fourth-order valence-electron chi connectivity index (χ4n) is 3.66. The third-order valence-electron chi connectivity index (χ3n) is 4.99. The molecule has 0 saturated heterocycles. The molecule has 0 aliphatic heterocycles. The molecule has 0 amide bonds. The average Bonchev–Trinajstić information content (AvgIpc) is 2.61. The third kappa shape index (κ3) is 3.52. The summed E-state index contributed by atoms with van der Waals surface area (Å²) >= 11 is 3.32. The second-order valence-electron chi connectivity index (χ2n) is 6.60. The molecule has 1 fully saturated rings. The molecule has 0 atom stereocenters. The zero-order valence-electron chi connectivity index (χ0n) is 14.5. The minimum Gasteiger partial charge on any atom is -0.465 e. The van der Waals surface area contributed by atoms with E-state index >= 15 is 0 Å². The summed E-state index contributed by atoms with van der Waals surface area (Å²) in [6, 6.07) is 5.00. The maximum Gasteiger partial charge on any atom is 0.316 e. The number of alkyl halides is 2. The third-order valence-corrected chi connectivity index (χ3v) is 5.48.